The molecule has 5 aliphatic carbocycles. The van der Waals surface area contributed by atoms with Gasteiger partial charge in [0.2, 0.25) is 5.91 Å². The van der Waals surface area contributed by atoms with Crippen molar-refractivity contribution in [3.05, 3.63) is 35.4 Å². The van der Waals surface area contributed by atoms with Crippen LogP contribution in [0, 0.1) is 57.0 Å². The van der Waals surface area contributed by atoms with Crippen molar-refractivity contribution in [1.82, 2.24) is 4.90 Å². The Balaban J connectivity index is 0.00000155. The van der Waals surface area contributed by atoms with Gasteiger partial charge in [0.15, 0.2) is 0 Å². The second kappa shape index (κ2) is 10.5. The Kier molecular flexibility index (Phi) is 7.65. The number of fused-ring (bicyclic) bond motifs is 4. The Morgan fingerprint density at radius 3 is 2.31 bits per heavy atom. The van der Waals surface area contributed by atoms with Crippen molar-refractivity contribution in [1.29, 1.82) is 0 Å². The Bertz CT molecular complexity index is 1180. The standard InChI is InChI=1S/C34H47F2NO3.C2H6/c1-20(38)37(17-21-13-22(35)15-23(36)14-21)18-24-5-6-26-28(40-24)16-27-25-7-8-29-31(2,3)30(39)9-10-34(29)19-33(25,34)12-11-32(26,27)4;1-2/h13-15,24-30,39H,5-12,16-19H2,1-4H3;1-2H3/t24?,25?,26?,27?,28?,29?,30-,32?,33-,34?;/m0./s1. The van der Waals surface area contributed by atoms with Gasteiger partial charge in [0, 0.05) is 26.1 Å². The summed E-state index contributed by atoms with van der Waals surface area (Å²) in [7, 11) is 0. The average Bonchev–Trinajstić information content (AvgIpc) is 3.51. The molecule has 8 unspecified atom stereocenters. The highest BCUT2D eigenvalue weighted by molar-refractivity contribution is 5.73. The topological polar surface area (TPSA) is 49.8 Å². The average molecular weight is 586 g/mol. The molecule has 1 aromatic carbocycles. The van der Waals surface area contributed by atoms with E-state index in [1.807, 2.05) is 13.8 Å². The molecular weight excluding hydrogens is 532 g/mol. The lowest BCUT2D eigenvalue weighted by Gasteiger charge is -2.59. The van der Waals surface area contributed by atoms with Crippen molar-refractivity contribution in [2.45, 2.75) is 131 Å². The quantitative estimate of drug-likeness (QED) is 0.391. The van der Waals surface area contributed by atoms with Crippen LogP contribution in [0.5, 0.6) is 0 Å². The summed E-state index contributed by atoms with van der Waals surface area (Å²) in [5.74, 6) is 1.37. The zero-order chi connectivity index (χ0) is 30.2. The second-order valence-electron chi connectivity index (χ2n) is 15.6. The SMILES string of the molecule is CC.CC(=O)N(Cc1cc(F)cc(F)c1)CC1CCC2C(CC3C4CCC5C(C)(C)[C@@H](O)CCC56C[C@@]46CCC23C)O1. The maximum absolute atomic E-state index is 13.8. The van der Waals surface area contributed by atoms with Crippen molar-refractivity contribution in [3.63, 3.8) is 0 Å². The number of rotatable bonds is 4. The van der Waals surface area contributed by atoms with Crippen LogP contribution >= 0.6 is 0 Å². The number of halogens is 2. The molecule has 1 amide bonds. The third kappa shape index (κ3) is 4.43. The minimum atomic E-state index is -0.616. The molecule has 6 aliphatic rings. The Labute approximate surface area is 252 Å². The van der Waals surface area contributed by atoms with Crippen molar-refractivity contribution in [2.24, 2.45) is 45.3 Å². The van der Waals surface area contributed by atoms with E-state index in [1.165, 1.54) is 57.6 Å². The van der Waals surface area contributed by atoms with Gasteiger partial charge in [0.25, 0.3) is 0 Å². The molecule has 1 aromatic rings. The van der Waals surface area contributed by atoms with Gasteiger partial charge in [0.1, 0.15) is 11.6 Å². The predicted octanol–water partition coefficient (Wildman–Crippen LogP) is 7.91. The van der Waals surface area contributed by atoms with E-state index in [0.717, 1.165) is 37.7 Å². The summed E-state index contributed by atoms with van der Waals surface area (Å²) in [4.78, 5) is 14.2. The summed E-state index contributed by atoms with van der Waals surface area (Å²) in [5.41, 5.74) is 1.75. The first-order chi connectivity index (χ1) is 19.9. The van der Waals surface area contributed by atoms with Crippen LogP contribution < -0.4 is 0 Å². The van der Waals surface area contributed by atoms with Crippen LogP contribution in [-0.2, 0) is 16.1 Å². The van der Waals surface area contributed by atoms with Gasteiger partial charge in [-0.05, 0) is 127 Å². The lowest BCUT2D eigenvalue weighted by atomic mass is 9.46. The molecule has 42 heavy (non-hydrogen) atoms. The minimum absolute atomic E-state index is 0.0212. The smallest absolute Gasteiger partial charge is 0.219 e. The number of ether oxygens (including phenoxy) is 1. The molecule has 5 saturated carbocycles. The van der Waals surface area contributed by atoms with Gasteiger partial charge in [-0.2, -0.15) is 0 Å². The number of carbonyl (C=O) groups is 1. The summed E-state index contributed by atoms with van der Waals surface area (Å²) >= 11 is 0. The maximum atomic E-state index is 13.8. The van der Waals surface area contributed by atoms with E-state index in [1.54, 1.807) is 4.90 Å². The van der Waals surface area contributed by atoms with Gasteiger partial charge < -0.3 is 14.7 Å². The lowest BCUT2D eigenvalue weighted by Crippen LogP contribution is -2.54. The van der Waals surface area contributed by atoms with Crippen molar-refractivity contribution in [3.8, 4) is 0 Å². The van der Waals surface area contributed by atoms with E-state index in [-0.39, 0.29) is 36.2 Å². The summed E-state index contributed by atoms with van der Waals surface area (Å²) in [6.45, 7) is 13.4. The van der Waals surface area contributed by atoms with E-state index >= 15 is 0 Å². The highest BCUT2D eigenvalue weighted by Gasteiger charge is 2.80. The molecule has 2 spiro atoms. The Morgan fingerprint density at radius 2 is 1.62 bits per heavy atom. The number of aliphatic hydroxyl groups excluding tert-OH is 1. The number of nitrogens with zero attached hydrogens (tertiary/aromatic N) is 1. The number of benzene rings is 1. The van der Waals surface area contributed by atoms with E-state index in [4.69, 9.17) is 4.74 Å². The van der Waals surface area contributed by atoms with E-state index < -0.39 is 11.6 Å². The van der Waals surface area contributed by atoms with Crippen LogP contribution in [-0.4, -0.2) is 40.8 Å². The van der Waals surface area contributed by atoms with Gasteiger partial charge in [-0.3, -0.25) is 4.79 Å². The first kappa shape index (κ1) is 30.5. The molecule has 0 bridgehead atoms. The minimum Gasteiger partial charge on any atom is -0.393 e. The molecule has 1 saturated heterocycles. The van der Waals surface area contributed by atoms with Crippen molar-refractivity contribution in [2.75, 3.05) is 6.54 Å². The normalized spacial score (nSPS) is 44.3. The summed E-state index contributed by atoms with van der Waals surface area (Å²) in [5, 5.41) is 10.9. The van der Waals surface area contributed by atoms with Crippen LogP contribution in [0.4, 0.5) is 8.78 Å². The zero-order valence-electron chi connectivity index (χ0n) is 26.7. The molecular formula is C36H53F2NO3. The van der Waals surface area contributed by atoms with Crippen LogP contribution in [0.1, 0.15) is 111 Å². The first-order valence-electron chi connectivity index (χ1n) is 16.9. The predicted molar refractivity (Wildman–Crippen MR) is 160 cm³/mol. The van der Waals surface area contributed by atoms with E-state index in [9.17, 15) is 18.7 Å². The molecule has 1 heterocycles. The maximum Gasteiger partial charge on any atom is 0.219 e. The zero-order valence-corrected chi connectivity index (χ0v) is 26.7. The van der Waals surface area contributed by atoms with Gasteiger partial charge >= 0.3 is 0 Å². The molecule has 1 N–H and O–H groups in total. The third-order valence-electron chi connectivity index (χ3n) is 13.8. The molecule has 1 aliphatic heterocycles. The number of hydrogen-bond acceptors (Lipinski definition) is 3. The van der Waals surface area contributed by atoms with Gasteiger partial charge in [-0.1, -0.05) is 34.6 Å². The van der Waals surface area contributed by atoms with Crippen LogP contribution in [0.3, 0.4) is 0 Å². The molecule has 234 valence electrons. The molecule has 10 atom stereocenters. The van der Waals surface area contributed by atoms with Crippen molar-refractivity contribution >= 4 is 5.91 Å². The van der Waals surface area contributed by atoms with Gasteiger partial charge in [-0.15, -0.1) is 0 Å². The number of aliphatic hydroxyl groups is 1. The van der Waals surface area contributed by atoms with Gasteiger partial charge in [0.05, 0.1) is 18.3 Å². The Morgan fingerprint density at radius 1 is 0.929 bits per heavy atom. The number of carbonyl (C=O) groups excluding carboxylic acids is 1. The third-order valence-corrected chi connectivity index (χ3v) is 13.8. The number of amides is 1. The molecule has 6 fully saturated rings. The summed E-state index contributed by atoms with van der Waals surface area (Å²) in [6, 6.07) is 3.48. The highest BCUT2D eigenvalue weighted by atomic mass is 19.1. The summed E-state index contributed by atoms with van der Waals surface area (Å²) in [6.07, 6.45) is 12.0. The number of hydrogen-bond donors (Lipinski definition) is 1. The van der Waals surface area contributed by atoms with Crippen LogP contribution in [0.15, 0.2) is 18.2 Å². The Hall–Kier alpha value is -1.53. The highest BCUT2D eigenvalue weighted by Crippen LogP contribution is 2.87. The fourth-order valence-electron chi connectivity index (χ4n) is 11.9. The molecule has 4 nitrogen and oxygen atoms in total. The molecule has 6 heteroatoms. The second-order valence-corrected chi connectivity index (χ2v) is 15.6. The fraction of sp³-hybridized carbons (Fsp3) is 0.806. The largest absolute Gasteiger partial charge is 0.393 e. The van der Waals surface area contributed by atoms with Gasteiger partial charge in [-0.25, -0.2) is 8.78 Å². The van der Waals surface area contributed by atoms with E-state index in [0.29, 0.717) is 46.1 Å². The lowest BCUT2D eigenvalue weighted by molar-refractivity contribution is -0.140. The summed E-state index contributed by atoms with van der Waals surface area (Å²) < 4.78 is 34.4. The fourth-order valence-corrected chi connectivity index (χ4v) is 11.9. The van der Waals surface area contributed by atoms with Crippen LogP contribution in [0.2, 0.25) is 0 Å². The monoisotopic (exact) mass is 585 g/mol. The van der Waals surface area contributed by atoms with Crippen LogP contribution in [0.25, 0.3) is 0 Å². The first-order valence-corrected chi connectivity index (χ1v) is 16.9. The molecule has 7 rings (SSSR count). The molecule has 0 aromatic heterocycles. The molecule has 0 radical (unpaired) electrons. The van der Waals surface area contributed by atoms with E-state index in [2.05, 4.69) is 20.8 Å². The van der Waals surface area contributed by atoms with Crippen molar-refractivity contribution < 1.29 is 23.4 Å².